The fourth-order valence-electron chi connectivity index (χ4n) is 3.61. The summed E-state index contributed by atoms with van der Waals surface area (Å²) in [6, 6.07) is 23.2. The van der Waals surface area contributed by atoms with E-state index in [2.05, 4.69) is 25.5 Å². The van der Waals surface area contributed by atoms with Crippen molar-refractivity contribution in [2.75, 3.05) is 5.32 Å². The van der Waals surface area contributed by atoms with Gasteiger partial charge >= 0.3 is 5.69 Å². The number of aromatic nitrogens is 5. The summed E-state index contributed by atoms with van der Waals surface area (Å²) < 4.78 is 1.97. The number of imidazole rings is 1. The quantitative estimate of drug-likeness (QED) is 0.316. The summed E-state index contributed by atoms with van der Waals surface area (Å²) in [5, 5.41) is 11.9. The van der Waals surface area contributed by atoms with Crippen LogP contribution in [0.4, 0.5) is 5.69 Å². The summed E-state index contributed by atoms with van der Waals surface area (Å²) in [5.74, 6) is 0.531. The first kappa shape index (κ1) is 21.7. The van der Waals surface area contributed by atoms with Crippen LogP contribution in [0.5, 0.6) is 0 Å². The van der Waals surface area contributed by atoms with Crippen molar-refractivity contribution >= 4 is 34.4 Å². The molecule has 3 aromatic carbocycles. The number of H-pyrrole nitrogens is 2. The van der Waals surface area contributed by atoms with E-state index in [1.807, 2.05) is 73.0 Å². The van der Waals surface area contributed by atoms with Gasteiger partial charge in [-0.15, -0.1) is 10.2 Å². The number of rotatable bonds is 6. The Morgan fingerprint density at radius 2 is 1.71 bits per heavy atom. The molecule has 170 valence electrons. The van der Waals surface area contributed by atoms with Crippen molar-refractivity contribution in [3.05, 3.63) is 88.8 Å². The normalized spacial score (nSPS) is 12.1. The van der Waals surface area contributed by atoms with Crippen LogP contribution in [0, 0.1) is 6.92 Å². The number of aryl methyl sites for hydroxylation is 1. The summed E-state index contributed by atoms with van der Waals surface area (Å²) in [7, 11) is 0. The van der Waals surface area contributed by atoms with Gasteiger partial charge in [-0.25, -0.2) is 4.79 Å². The Labute approximate surface area is 199 Å². The van der Waals surface area contributed by atoms with Crippen molar-refractivity contribution in [1.82, 2.24) is 24.7 Å². The standard InChI is InChI=1S/C25H22N6O2S/c1-15-8-11-19(12-9-15)31-22(17-6-4-3-5-7-17)29-30-25(31)34-16(2)23(32)26-18-10-13-20-21(14-18)28-24(33)27-20/h3-14,16H,1-2H3,(H,26,32)(H2,27,28,33). The number of nitrogens with one attached hydrogen (secondary N) is 3. The summed E-state index contributed by atoms with van der Waals surface area (Å²) in [6.45, 7) is 3.86. The van der Waals surface area contributed by atoms with Gasteiger partial charge in [-0.3, -0.25) is 9.36 Å². The summed E-state index contributed by atoms with van der Waals surface area (Å²) >= 11 is 1.33. The van der Waals surface area contributed by atoms with E-state index in [-0.39, 0.29) is 11.6 Å². The van der Waals surface area contributed by atoms with E-state index < -0.39 is 5.25 Å². The van der Waals surface area contributed by atoms with Gasteiger partial charge in [-0.1, -0.05) is 59.8 Å². The molecular formula is C25H22N6O2S. The maximum absolute atomic E-state index is 13.0. The molecule has 2 aromatic heterocycles. The van der Waals surface area contributed by atoms with Crippen LogP contribution in [0.25, 0.3) is 28.1 Å². The van der Waals surface area contributed by atoms with Crippen molar-refractivity contribution in [1.29, 1.82) is 0 Å². The van der Waals surface area contributed by atoms with Gasteiger partial charge in [-0.05, 0) is 44.2 Å². The number of amides is 1. The molecule has 0 aliphatic carbocycles. The average molecular weight is 471 g/mol. The third-order valence-electron chi connectivity index (χ3n) is 5.39. The number of nitrogens with zero attached hydrogens (tertiary/aromatic N) is 3. The molecule has 0 aliphatic rings. The second-order valence-corrected chi connectivity index (χ2v) is 9.24. The van der Waals surface area contributed by atoms with E-state index in [0.29, 0.717) is 27.7 Å². The number of anilines is 1. The number of hydrogen-bond donors (Lipinski definition) is 3. The van der Waals surface area contributed by atoms with Crippen LogP contribution in [-0.4, -0.2) is 35.9 Å². The second kappa shape index (κ2) is 9.03. The van der Waals surface area contributed by atoms with Crippen LogP contribution in [0.3, 0.4) is 0 Å². The molecule has 5 rings (SSSR count). The van der Waals surface area contributed by atoms with Gasteiger partial charge in [-0.2, -0.15) is 0 Å². The highest BCUT2D eigenvalue weighted by molar-refractivity contribution is 8.00. The zero-order chi connectivity index (χ0) is 23.7. The molecule has 3 N–H and O–H groups in total. The summed E-state index contributed by atoms with van der Waals surface area (Å²) in [4.78, 5) is 29.8. The maximum Gasteiger partial charge on any atom is 0.323 e. The molecule has 0 aliphatic heterocycles. The molecule has 8 nitrogen and oxygen atoms in total. The molecule has 0 saturated heterocycles. The first-order chi connectivity index (χ1) is 16.5. The Hall–Kier alpha value is -4.11. The molecule has 9 heteroatoms. The monoisotopic (exact) mass is 470 g/mol. The zero-order valence-corrected chi connectivity index (χ0v) is 19.4. The fourth-order valence-corrected chi connectivity index (χ4v) is 4.48. The molecule has 0 fully saturated rings. The first-order valence-electron chi connectivity index (χ1n) is 10.8. The van der Waals surface area contributed by atoms with E-state index in [0.717, 1.165) is 16.8 Å². The fraction of sp³-hybridized carbons (Fsp3) is 0.120. The lowest BCUT2D eigenvalue weighted by Gasteiger charge is -2.14. The molecule has 0 spiro atoms. The summed E-state index contributed by atoms with van der Waals surface area (Å²) in [6.07, 6.45) is 0. The maximum atomic E-state index is 13.0. The van der Waals surface area contributed by atoms with Crippen LogP contribution in [-0.2, 0) is 4.79 Å². The molecule has 0 radical (unpaired) electrons. The lowest BCUT2D eigenvalue weighted by atomic mass is 10.2. The van der Waals surface area contributed by atoms with Crippen molar-refractivity contribution in [3.8, 4) is 17.1 Å². The number of carbonyl (C=O) groups excluding carboxylic acids is 1. The van der Waals surface area contributed by atoms with E-state index in [1.165, 1.54) is 11.8 Å². The van der Waals surface area contributed by atoms with Gasteiger partial charge in [0.25, 0.3) is 0 Å². The van der Waals surface area contributed by atoms with Crippen LogP contribution in [0.1, 0.15) is 12.5 Å². The second-order valence-electron chi connectivity index (χ2n) is 7.93. The molecule has 2 heterocycles. The molecule has 0 saturated carbocycles. The summed E-state index contributed by atoms with van der Waals surface area (Å²) in [5.41, 5.74) is 4.65. The molecule has 1 amide bonds. The van der Waals surface area contributed by atoms with E-state index in [4.69, 9.17) is 0 Å². The lowest BCUT2D eigenvalue weighted by molar-refractivity contribution is -0.115. The average Bonchev–Trinajstić information content (AvgIpc) is 3.42. The molecule has 0 bridgehead atoms. The smallest absolute Gasteiger partial charge is 0.323 e. The third-order valence-corrected chi connectivity index (χ3v) is 6.44. The van der Waals surface area contributed by atoms with Gasteiger partial charge in [0, 0.05) is 16.9 Å². The minimum absolute atomic E-state index is 0.179. The van der Waals surface area contributed by atoms with Crippen molar-refractivity contribution in [2.24, 2.45) is 0 Å². The van der Waals surface area contributed by atoms with Gasteiger partial charge < -0.3 is 15.3 Å². The van der Waals surface area contributed by atoms with Crippen LogP contribution < -0.4 is 11.0 Å². The SMILES string of the molecule is Cc1ccc(-n2c(SC(C)C(=O)Nc3ccc4[nH]c(=O)[nH]c4c3)nnc2-c2ccccc2)cc1. The van der Waals surface area contributed by atoms with Gasteiger partial charge in [0.2, 0.25) is 5.91 Å². The third kappa shape index (κ3) is 4.38. The molecular weight excluding hydrogens is 448 g/mol. The van der Waals surface area contributed by atoms with Gasteiger partial charge in [0.15, 0.2) is 11.0 Å². The number of hydrogen-bond acceptors (Lipinski definition) is 5. The Bertz CT molecular complexity index is 1520. The number of benzene rings is 3. The lowest BCUT2D eigenvalue weighted by Crippen LogP contribution is -2.22. The topological polar surface area (TPSA) is 108 Å². The van der Waals surface area contributed by atoms with Crippen LogP contribution in [0.15, 0.2) is 82.7 Å². The highest BCUT2D eigenvalue weighted by Crippen LogP contribution is 2.30. The highest BCUT2D eigenvalue weighted by atomic mass is 32.2. The molecule has 5 aromatic rings. The van der Waals surface area contributed by atoms with Crippen molar-refractivity contribution in [3.63, 3.8) is 0 Å². The van der Waals surface area contributed by atoms with Crippen LogP contribution >= 0.6 is 11.8 Å². The minimum Gasteiger partial charge on any atom is -0.325 e. The largest absolute Gasteiger partial charge is 0.325 e. The first-order valence-corrected chi connectivity index (χ1v) is 11.6. The molecule has 34 heavy (non-hydrogen) atoms. The number of thioether (sulfide) groups is 1. The Kier molecular flexibility index (Phi) is 5.77. The Morgan fingerprint density at radius 3 is 2.47 bits per heavy atom. The van der Waals surface area contributed by atoms with Crippen molar-refractivity contribution < 1.29 is 4.79 Å². The van der Waals surface area contributed by atoms with Crippen LogP contribution in [0.2, 0.25) is 0 Å². The zero-order valence-electron chi connectivity index (χ0n) is 18.6. The van der Waals surface area contributed by atoms with Gasteiger partial charge in [0.1, 0.15) is 0 Å². The van der Waals surface area contributed by atoms with E-state index in [9.17, 15) is 9.59 Å². The van der Waals surface area contributed by atoms with Gasteiger partial charge in [0.05, 0.1) is 16.3 Å². The number of fused-ring (bicyclic) bond motifs is 1. The number of carbonyl (C=O) groups is 1. The predicted molar refractivity (Wildman–Crippen MR) is 134 cm³/mol. The predicted octanol–water partition coefficient (Wildman–Crippen LogP) is 4.53. The van der Waals surface area contributed by atoms with E-state index in [1.54, 1.807) is 18.2 Å². The highest BCUT2D eigenvalue weighted by Gasteiger charge is 2.22. The Morgan fingerprint density at radius 1 is 0.971 bits per heavy atom. The van der Waals surface area contributed by atoms with E-state index >= 15 is 0 Å². The minimum atomic E-state index is -0.446. The Balaban J connectivity index is 1.42. The van der Waals surface area contributed by atoms with Crippen molar-refractivity contribution in [2.45, 2.75) is 24.3 Å². The molecule has 1 unspecified atom stereocenters. The number of aromatic amines is 2. The molecule has 1 atom stereocenters.